The predicted octanol–water partition coefficient (Wildman–Crippen LogP) is 2.17. The van der Waals surface area contributed by atoms with Crippen molar-refractivity contribution in [1.29, 1.82) is 0 Å². The zero-order valence-electron chi connectivity index (χ0n) is 11.5. The van der Waals surface area contributed by atoms with Crippen molar-refractivity contribution in [2.24, 2.45) is 0 Å². The van der Waals surface area contributed by atoms with Crippen molar-refractivity contribution in [2.45, 2.75) is 19.4 Å². The normalized spacial score (nSPS) is 17.7. The lowest BCUT2D eigenvalue weighted by Crippen LogP contribution is -2.40. The van der Waals surface area contributed by atoms with Crippen LogP contribution in [0.1, 0.15) is 24.9 Å². The number of ether oxygens (including phenoxy) is 2. The van der Waals surface area contributed by atoms with Crippen LogP contribution in [0.25, 0.3) is 0 Å². The quantitative estimate of drug-likeness (QED) is 0.767. The molecule has 2 heterocycles. The van der Waals surface area contributed by atoms with Crippen LogP contribution in [-0.2, 0) is 14.3 Å². The van der Waals surface area contributed by atoms with Gasteiger partial charge in [0.1, 0.15) is 0 Å². The first kappa shape index (κ1) is 15.4. The molecule has 0 aliphatic carbocycles. The van der Waals surface area contributed by atoms with Crippen LogP contribution in [0.5, 0.6) is 0 Å². The maximum atomic E-state index is 11.8. The molecule has 0 aromatic carbocycles. The summed E-state index contributed by atoms with van der Waals surface area (Å²) < 4.78 is 11.4. The molecule has 2 rings (SSSR count). The lowest BCUT2D eigenvalue weighted by Gasteiger charge is -2.34. The van der Waals surface area contributed by atoms with Gasteiger partial charge in [-0.15, -0.1) is 0 Å². The highest BCUT2D eigenvalue weighted by molar-refractivity contribution is 9.10. The van der Waals surface area contributed by atoms with Gasteiger partial charge in [-0.25, -0.2) is 0 Å². The van der Waals surface area contributed by atoms with E-state index in [1.165, 1.54) is 0 Å². The molecule has 0 N–H and O–H groups in total. The van der Waals surface area contributed by atoms with Crippen LogP contribution in [0.2, 0.25) is 0 Å². The third kappa shape index (κ3) is 4.26. The average molecular weight is 343 g/mol. The fourth-order valence-electron chi connectivity index (χ4n) is 2.34. The van der Waals surface area contributed by atoms with Crippen molar-refractivity contribution in [3.8, 4) is 0 Å². The lowest BCUT2D eigenvalue weighted by molar-refractivity contribution is -0.145. The van der Waals surface area contributed by atoms with Crippen molar-refractivity contribution < 1.29 is 14.3 Å². The Bertz CT molecular complexity index is 450. The fourth-order valence-corrected chi connectivity index (χ4v) is 2.72. The van der Waals surface area contributed by atoms with Gasteiger partial charge >= 0.3 is 5.97 Å². The molecular formula is C14H19BrN2O3. The first-order valence-corrected chi connectivity index (χ1v) is 7.58. The predicted molar refractivity (Wildman–Crippen MR) is 78.3 cm³/mol. The summed E-state index contributed by atoms with van der Waals surface area (Å²) in [6.45, 7) is 5.25. The number of nitrogens with zero attached hydrogens (tertiary/aromatic N) is 2. The van der Waals surface area contributed by atoms with E-state index in [1.807, 2.05) is 19.2 Å². The van der Waals surface area contributed by atoms with Crippen LogP contribution in [-0.4, -0.2) is 48.8 Å². The average Bonchev–Trinajstić information content (AvgIpc) is 2.46. The van der Waals surface area contributed by atoms with Crippen LogP contribution in [0.4, 0.5) is 0 Å². The molecule has 1 aliphatic heterocycles. The minimum atomic E-state index is -0.177. The van der Waals surface area contributed by atoms with Crippen molar-refractivity contribution in [3.05, 3.63) is 28.5 Å². The number of pyridine rings is 1. The van der Waals surface area contributed by atoms with Gasteiger partial charge in [-0.1, -0.05) is 0 Å². The summed E-state index contributed by atoms with van der Waals surface area (Å²) in [6.07, 6.45) is 3.89. The van der Waals surface area contributed by atoms with Gasteiger partial charge in [-0.3, -0.25) is 14.7 Å². The van der Waals surface area contributed by atoms with E-state index in [0.29, 0.717) is 26.2 Å². The molecule has 1 atom stereocenters. The van der Waals surface area contributed by atoms with Crippen LogP contribution in [0.3, 0.4) is 0 Å². The number of esters is 1. The summed E-state index contributed by atoms with van der Waals surface area (Å²) in [7, 11) is 0. The van der Waals surface area contributed by atoms with Crippen molar-refractivity contribution in [1.82, 2.24) is 9.88 Å². The molecule has 1 aliphatic rings. The summed E-state index contributed by atoms with van der Waals surface area (Å²) in [4.78, 5) is 18.3. The van der Waals surface area contributed by atoms with E-state index in [2.05, 4.69) is 25.8 Å². The van der Waals surface area contributed by atoms with Crippen molar-refractivity contribution >= 4 is 21.9 Å². The molecule has 5 nitrogen and oxygen atoms in total. The van der Waals surface area contributed by atoms with E-state index in [1.54, 1.807) is 6.20 Å². The van der Waals surface area contributed by atoms with Gasteiger partial charge in [0.15, 0.2) is 0 Å². The zero-order valence-corrected chi connectivity index (χ0v) is 13.1. The molecule has 1 unspecified atom stereocenters. The number of halogens is 1. The minimum Gasteiger partial charge on any atom is -0.466 e. The molecule has 110 valence electrons. The van der Waals surface area contributed by atoms with E-state index in [0.717, 1.165) is 23.1 Å². The number of morpholine rings is 1. The molecule has 1 aromatic rings. The Hall–Kier alpha value is -0.980. The topological polar surface area (TPSA) is 51.7 Å². The molecule has 0 radical (unpaired) electrons. The van der Waals surface area contributed by atoms with E-state index in [9.17, 15) is 4.79 Å². The number of hydrogen-bond acceptors (Lipinski definition) is 5. The van der Waals surface area contributed by atoms with Gasteiger partial charge in [0.25, 0.3) is 0 Å². The first-order chi connectivity index (χ1) is 9.70. The zero-order chi connectivity index (χ0) is 14.4. The van der Waals surface area contributed by atoms with Crippen LogP contribution in [0, 0.1) is 0 Å². The maximum Gasteiger partial charge on any atom is 0.307 e. The van der Waals surface area contributed by atoms with Gasteiger partial charge in [0.05, 0.1) is 26.2 Å². The smallest absolute Gasteiger partial charge is 0.307 e. The van der Waals surface area contributed by atoms with E-state index < -0.39 is 0 Å². The molecule has 6 heteroatoms. The third-order valence-electron chi connectivity index (χ3n) is 3.26. The Labute approximate surface area is 127 Å². The molecular weight excluding hydrogens is 324 g/mol. The first-order valence-electron chi connectivity index (χ1n) is 6.78. The highest BCUT2D eigenvalue weighted by atomic mass is 79.9. The van der Waals surface area contributed by atoms with Crippen molar-refractivity contribution in [3.63, 3.8) is 0 Å². The second kappa shape index (κ2) is 7.71. The number of hydrogen-bond donors (Lipinski definition) is 0. The standard InChI is InChI=1S/C14H19BrN2O3/c1-2-20-14(18)8-13(17-3-5-19-6-4-17)11-7-12(15)10-16-9-11/h7,9-10,13H,2-6,8H2,1H3. The Morgan fingerprint density at radius 2 is 2.25 bits per heavy atom. The summed E-state index contributed by atoms with van der Waals surface area (Å²) in [5, 5.41) is 0. The second-order valence-electron chi connectivity index (χ2n) is 4.61. The van der Waals surface area contributed by atoms with Gasteiger partial charge in [0.2, 0.25) is 0 Å². The van der Waals surface area contributed by atoms with E-state index >= 15 is 0 Å². The van der Waals surface area contributed by atoms with Crippen LogP contribution >= 0.6 is 15.9 Å². The van der Waals surface area contributed by atoms with E-state index in [4.69, 9.17) is 9.47 Å². The van der Waals surface area contributed by atoms with Gasteiger partial charge in [0, 0.05) is 36.0 Å². The summed E-state index contributed by atoms with van der Waals surface area (Å²) in [5.74, 6) is -0.177. The summed E-state index contributed by atoms with van der Waals surface area (Å²) in [6, 6.07) is 2.00. The van der Waals surface area contributed by atoms with Crippen molar-refractivity contribution in [2.75, 3.05) is 32.9 Å². The Kier molecular flexibility index (Phi) is 5.94. The molecule has 0 bridgehead atoms. The summed E-state index contributed by atoms with van der Waals surface area (Å²) in [5.41, 5.74) is 1.02. The second-order valence-corrected chi connectivity index (χ2v) is 5.53. The highest BCUT2D eigenvalue weighted by Crippen LogP contribution is 2.27. The molecule has 1 saturated heterocycles. The van der Waals surface area contributed by atoms with Crippen LogP contribution in [0.15, 0.2) is 22.9 Å². The number of rotatable bonds is 5. The molecule has 0 saturated carbocycles. The maximum absolute atomic E-state index is 11.8. The van der Waals surface area contributed by atoms with Crippen LogP contribution < -0.4 is 0 Å². The number of aromatic nitrogens is 1. The molecule has 20 heavy (non-hydrogen) atoms. The van der Waals surface area contributed by atoms with Gasteiger partial charge < -0.3 is 9.47 Å². The molecule has 1 fully saturated rings. The monoisotopic (exact) mass is 342 g/mol. The Morgan fingerprint density at radius 3 is 2.90 bits per heavy atom. The molecule has 0 amide bonds. The SMILES string of the molecule is CCOC(=O)CC(c1cncc(Br)c1)N1CCOCC1. The number of carbonyl (C=O) groups excluding carboxylic acids is 1. The largest absolute Gasteiger partial charge is 0.466 e. The van der Waals surface area contributed by atoms with Gasteiger partial charge in [-0.2, -0.15) is 0 Å². The third-order valence-corrected chi connectivity index (χ3v) is 3.70. The number of carbonyl (C=O) groups is 1. The Balaban J connectivity index is 2.16. The van der Waals surface area contributed by atoms with Gasteiger partial charge in [-0.05, 0) is 34.5 Å². The minimum absolute atomic E-state index is 0.0112. The lowest BCUT2D eigenvalue weighted by atomic mass is 10.0. The highest BCUT2D eigenvalue weighted by Gasteiger charge is 2.26. The molecule has 1 aromatic heterocycles. The Morgan fingerprint density at radius 1 is 1.50 bits per heavy atom. The summed E-state index contributed by atoms with van der Waals surface area (Å²) >= 11 is 3.43. The molecule has 0 spiro atoms. The fraction of sp³-hybridized carbons (Fsp3) is 0.571. The van der Waals surface area contributed by atoms with E-state index in [-0.39, 0.29) is 12.0 Å².